The predicted octanol–water partition coefficient (Wildman–Crippen LogP) is 2.05. The number of amides is 1. The number of rotatable bonds is 3. The van der Waals surface area contributed by atoms with E-state index in [1.54, 1.807) is 19.2 Å². The van der Waals surface area contributed by atoms with Crippen LogP contribution in [0.25, 0.3) is 6.08 Å². The Morgan fingerprint density at radius 1 is 1.62 bits per heavy atom. The monoisotopic (exact) mass is 218 g/mol. The van der Waals surface area contributed by atoms with Gasteiger partial charge in [-0.15, -0.1) is 0 Å². The highest BCUT2D eigenvalue weighted by atomic mass is 16.3. The summed E-state index contributed by atoms with van der Waals surface area (Å²) in [5, 5.41) is 8.92. The molecule has 0 spiro atoms. The van der Waals surface area contributed by atoms with Crippen molar-refractivity contribution in [2.45, 2.75) is 19.9 Å². The van der Waals surface area contributed by atoms with Crippen LogP contribution in [-0.4, -0.2) is 23.9 Å². The van der Waals surface area contributed by atoms with Crippen LogP contribution in [0.3, 0.4) is 0 Å². The van der Waals surface area contributed by atoms with E-state index in [9.17, 15) is 4.79 Å². The van der Waals surface area contributed by atoms with Gasteiger partial charge in [-0.2, -0.15) is 5.26 Å². The molecule has 1 rings (SSSR count). The molecule has 0 saturated heterocycles. The van der Waals surface area contributed by atoms with Crippen molar-refractivity contribution in [3.8, 4) is 6.07 Å². The Labute approximate surface area is 94.8 Å². The normalized spacial score (nSPS) is 11.3. The third-order valence-electron chi connectivity index (χ3n) is 2.28. The third kappa shape index (κ3) is 2.74. The lowest BCUT2D eigenvalue weighted by molar-refractivity contribution is -0.126. The quantitative estimate of drug-likeness (QED) is 0.576. The zero-order chi connectivity index (χ0) is 12.1. The van der Waals surface area contributed by atoms with Gasteiger partial charge in [0.05, 0.1) is 6.26 Å². The van der Waals surface area contributed by atoms with Gasteiger partial charge in [-0.3, -0.25) is 4.79 Å². The maximum absolute atomic E-state index is 11.8. The first-order valence-electron chi connectivity index (χ1n) is 4.98. The molecular weight excluding hydrogens is 204 g/mol. The molecule has 0 aliphatic rings. The summed E-state index contributed by atoms with van der Waals surface area (Å²) >= 11 is 0. The van der Waals surface area contributed by atoms with E-state index in [1.165, 1.54) is 17.2 Å². The van der Waals surface area contributed by atoms with Crippen molar-refractivity contribution < 1.29 is 9.21 Å². The molecule has 0 N–H and O–H groups in total. The summed E-state index contributed by atoms with van der Waals surface area (Å²) in [6, 6.07) is 5.34. The molecule has 16 heavy (non-hydrogen) atoms. The standard InChI is InChI=1S/C12H14N2O2/c1-9(2)14(3)12(15)10(8-13)7-11-5-4-6-16-11/h4-7,9H,1-3H3/b10-7+. The van der Waals surface area contributed by atoms with Gasteiger partial charge in [0.2, 0.25) is 0 Å². The second-order valence-electron chi connectivity index (χ2n) is 3.70. The van der Waals surface area contributed by atoms with E-state index in [0.717, 1.165) is 0 Å². The number of furan rings is 1. The highest BCUT2D eigenvalue weighted by molar-refractivity contribution is 6.01. The summed E-state index contributed by atoms with van der Waals surface area (Å²) in [6.07, 6.45) is 2.94. The van der Waals surface area contributed by atoms with Gasteiger partial charge in [-0.25, -0.2) is 0 Å². The van der Waals surface area contributed by atoms with E-state index in [1.807, 2.05) is 19.9 Å². The molecule has 0 bridgehead atoms. The largest absolute Gasteiger partial charge is 0.465 e. The SMILES string of the molecule is CC(C)N(C)C(=O)/C(C#N)=C/c1ccco1. The van der Waals surface area contributed by atoms with Crippen LogP contribution in [0.4, 0.5) is 0 Å². The molecule has 0 aliphatic carbocycles. The molecule has 1 aromatic rings. The lowest BCUT2D eigenvalue weighted by Gasteiger charge is -2.20. The smallest absolute Gasteiger partial charge is 0.264 e. The highest BCUT2D eigenvalue weighted by Crippen LogP contribution is 2.10. The number of hydrogen-bond acceptors (Lipinski definition) is 3. The Morgan fingerprint density at radius 2 is 2.31 bits per heavy atom. The Balaban J connectivity index is 2.92. The van der Waals surface area contributed by atoms with Gasteiger partial charge in [-0.1, -0.05) is 0 Å². The number of likely N-dealkylation sites (N-methyl/N-ethyl adjacent to an activating group) is 1. The van der Waals surface area contributed by atoms with Gasteiger partial charge in [0.1, 0.15) is 17.4 Å². The van der Waals surface area contributed by atoms with E-state index in [4.69, 9.17) is 9.68 Å². The maximum Gasteiger partial charge on any atom is 0.264 e. The summed E-state index contributed by atoms with van der Waals surface area (Å²) in [4.78, 5) is 13.3. The minimum Gasteiger partial charge on any atom is -0.465 e. The number of carbonyl (C=O) groups is 1. The first kappa shape index (κ1) is 12.1. The maximum atomic E-state index is 11.8. The Bertz CT molecular complexity index is 424. The van der Waals surface area contributed by atoms with Crippen LogP contribution < -0.4 is 0 Å². The highest BCUT2D eigenvalue weighted by Gasteiger charge is 2.17. The van der Waals surface area contributed by atoms with Crippen LogP contribution in [0.1, 0.15) is 19.6 Å². The molecule has 0 fully saturated rings. The summed E-state index contributed by atoms with van der Waals surface area (Å²) < 4.78 is 5.06. The molecule has 0 aromatic carbocycles. The Hall–Kier alpha value is -2.02. The molecule has 1 amide bonds. The summed E-state index contributed by atoms with van der Waals surface area (Å²) in [5.41, 5.74) is 0.0751. The molecule has 84 valence electrons. The average Bonchev–Trinajstić information content (AvgIpc) is 2.76. The van der Waals surface area contributed by atoms with Crippen molar-refractivity contribution in [2.24, 2.45) is 0 Å². The molecule has 0 radical (unpaired) electrons. The lowest BCUT2D eigenvalue weighted by Crippen LogP contribution is -2.33. The molecule has 0 unspecified atom stereocenters. The minimum atomic E-state index is -0.297. The van der Waals surface area contributed by atoms with Crippen molar-refractivity contribution in [2.75, 3.05) is 7.05 Å². The van der Waals surface area contributed by atoms with Gasteiger partial charge in [-0.05, 0) is 26.0 Å². The fraction of sp³-hybridized carbons (Fsp3) is 0.333. The number of hydrogen-bond donors (Lipinski definition) is 0. The molecule has 4 heteroatoms. The fourth-order valence-electron chi connectivity index (χ4n) is 1.08. The molecular formula is C12H14N2O2. The number of nitriles is 1. The Morgan fingerprint density at radius 3 is 2.75 bits per heavy atom. The third-order valence-corrected chi connectivity index (χ3v) is 2.28. The summed E-state index contributed by atoms with van der Waals surface area (Å²) in [6.45, 7) is 3.78. The molecule has 1 aromatic heterocycles. The van der Waals surface area contributed by atoms with Crippen molar-refractivity contribution in [3.05, 3.63) is 29.7 Å². The van der Waals surface area contributed by atoms with Crippen LogP contribution in [-0.2, 0) is 4.79 Å². The van der Waals surface area contributed by atoms with Crippen LogP contribution in [0.2, 0.25) is 0 Å². The van der Waals surface area contributed by atoms with E-state index in [-0.39, 0.29) is 17.5 Å². The first-order valence-corrected chi connectivity index (χ1v) is 4.98. The zero-order valence-corrected chi connectivity index (χ0v) is 9.60. The fourth-order valence-corrected chi connectivity index (χ4v) is 1.08. The van der Waals surface area contributed by atoms with Gasteiger partial charge < -0.3 is 9.32 Å². The molecule has 4 nitrogen and oxygen atoms in total. The van der Waals surface area contributed by atoms with Crippen molar-refractivity contribution in [1.29, 1.82) is 5.26 Å². The molecule has 0 atom stereocenters. The lowest BCUT2D eigenvalue weighted by atomic mass is 10.2. The predicted molar refractivity (Wildman–Crippen MR) is 60.2 cm³/mol. The van der Waals surface area contributed by atoms with Crippen molar-refractivity contribution in [3.63, 3.8) is 0 Å². The Kier molecular flexibility index (Phi) is 3.90. The zero-order valence-electron chi connectivity index (χ0n) is 9.60. The van der Waals surface area contributed by atoms with Gasteiger partial charge >= 0.3 is 0 Å². The summed E-state index contributed by atoms with van der Waals surface area (Å²) in [7, 11) is 1.67. The van der Waals surface area contributed by atoms with Crippen molar-refractivity contribution in [1.82, 2.24) is 4.90 Å². The molecule has 0 saturated carbocycles. The van der Waals surface area contributed by atoms with E-state index >= 15 is 0 Å². The van der Waals surface area contributed by atoms with Crippen LogP contribution in [0.5, 0.6) is 0 Å². The second kappa shape index (κ2) is 5.17. The second-order valence-corrected chi connectivity index (χ2v) is 3.70. The van der Waals surface area contributed by atoms with E-state index < -0.39 is 0 Å². The van der Waals surface area contributed by atoms with E-state index in [2.05, 4.69) is 0 Å². The number of nitrogens with zero attached hydrogens (tertiary/aromatic N) is 2. The van der Waals surface area contributed by atoms with E-state index in [0.29, 0.717) is 5.76 Å². The minimum absolute atomic E-state index is 0.0563. The molecule has 0 aliphatic heterocycles. The van der Waals surface area contributed by atoms with Gasteiger partial charge in [0, 0.05) is 19.2 Å². The van der Waals surface area contributed by atoms with Crippen LogP contribution >= 0.6 is 0 Å². The van der Waals surface area contributed by atoms with Gasteiger partial charge in [0.15, 0.2) is 0 Å². The van der Waals surface area contributed by atoms with Crippen LogP contribution in [0.15, 0.2) is 28.4 Å². The van der Waals surface area contributed by atoms with Crippen LogP contribution in [0, 0.1) is 11.3 Å². The molecule has 1 heterocycles. The summed E-state index contributed by atoms with van der Waals surface area (Å²) in [5.74, 6) is 0.205. The topological polar surface area (TPSA) is 57.2 Å². The van der Waals surface area contributed by atoms with Crippen molar-refractivity contribution >= 4 is 12.0 Å². The first-order chi connectivity index (χ1) is 7.56. The number of carbonyl (C=O) groups excluding carboxylic acids is 1. The van der Waals surface area contributed by atoms with Gasteiger partial charge in [0.25, 0.3) is 5.91 Å². The average molecular weight is 218 g/mol.